The van der Waals surface area contributed by atoms with Crippen LogP contribution in [0.15, 0.2) is 23.6 Å². The van der Waals surface area contributed by atoms with Crippen LogP contribution in [0.25, 0.3) is 0 Å². The summed E-state index contributed by atoms with van der Waals surface area (Å²) in [7, 11) is 0. The maximum Gasteiger partial charge on any atom is 0.134 e. The smallest absolute Gasteiger partial charge is 0.134 e. The number of rotatable bonds is 3. The van der Waals surface area contributed by atoms with Gasteiger partial charge in [0.05, 0.1) is 6.04 Å². The molecule has 0 bridgehead atoms. The minimum Gasteiger partial charge on any atom is -0.362 e. The summed E-state index contributed by atoms with van der Waals surface area (Å²) in [4.78, 5) is 9.77. The van der Waals surface area contributed by atoms with Crippen molar-refractivity contribution in [2.24, 2.45) is 5.41 Å². The Hall–Kier alpha value is -1.13. The van der Waals surface area contributed by atoms with E-state index >= 15 is 0 Å². The van der Waals surface area contributed by atoms with Gasteiger partial charge < -0.3 is 5.32 Å². The Morgan fingerprint density at radius 2 is 2.05 bits per heavy atom. The molecule has 1 atom stereocenters. The molecule has 0 saturated heterocycles. The Morgan fingerprint density at radius 3 is 2.58 bits per heavy atom. The molecular formula is C14H18ClN3S. The number of aromatic nitrogens is 2. The number of hydrogen-bond donors (Lipinski definition) is 1. The van der Waals surface area contributed by atoms with Gasteiger partial charge in [0.25, 0.3) is 0 Å². The number of anilines is 1. The molecule has 0 aromatic carbocycles. The van der Waals surface area contributed by atoms with E-state index in [0.717, 1.165) is 5.82 Å². The molecule has 0 fully saturated rings. The van der Waals surface area contributed by atoms with Gasteiger partial charge in [0.15, 0.2) is 0 Å². The van der Waals surface area contributed by atoms with Crippen molar-refractivity contribution in [1.29, 1.82) is 0 Å². The molecule has 2 heterocycles. The van der Waals surface area contributed by atoms with E-state index in [0.29, 0.717) is 11.0 Å². The molecule has 0 aliphatic heterocycles. The van der Waals surface area contributed by atoms with Gasteiger partial charge in [-0.3, -0.25) is 0 Å². The number of hydrogen-bond acceptors (Lipinski definition) is 4. The average Bonchev–Trinajstić information content (AvgIpc) is 2.75. The second-order valence-corrected chi connectivity index (χ2v) is 6.95. The summed E-state index contributed by atoms with van der Waals surface area (Å²) in [5.41, 5.74) is 0.0795. The van der Waals surface area contributed by atoms with E-state index in [1.165, 1.54) is 4.88 Å². The zero-order chi connectivity index (χ0) is 14.0. The molecule has 0 radical (unpaired) electrons. The monoisotopic (exact) mass is 295 g/mol. The van der Waals surface area contributed by atoms with Gasteiger partial charge >= 0.3 is 0 Å². The Labute approximate surface area is 123 Å². The van der Waals surface area contributed by atoms with Crippen molar-refractivity contribution in [1.82, 2.24) is 9.97 Å². The van der Waals surface area contributed by atoms with Crippen molar-refractivity contribution in [2.75, 3.05) is 5.32 Å². The normalized spacial score (nSPS) is 13.3. The Bertz CT molecular complexity index is 526. The molecule has 0 aliphatic carbocycles. The third-order valence-corrected chi connectivity index (χ3v) is 3.92. The van der Waals surface area contributed by atoms with Crippen LogP contribution in [0.2, 0.25) is 5.15 Å². The number of nitrogens with one attached hydrogen (secondary N) is 1. The van der Waals surface area contributed by atoms with E-state index in [4.69, 9.17) is 11.6 Å². The fourth-order valence-corrected chi connectivity index (χ4v) is 3.17. The predicted molar refractivity (Wildman–Crippen MR) is 81.9 cm³/mol. The Balaban J connectivity index is 2.31. The van der Waals surface area contributed by atoms with Gasteiger partial charge in [0.1, 0.15) is 16.8 Å². The first-order valence-electron chi connectivity index (χ1n) is 6.17. The summed E-state index contributed by atoms with van der Waals surface area (Å²) in [6.45, 7) is 8.47. The third-order valence-electron chi connectivity index (χ3n) is 2.79. The molecule has 2 aromatic rings. The maximum atomic E-state index is 5.98. The quantitative estimate of drug-likeness (QED) is 0.834. The van der Waals surface area contributed by atoms with Crippen LogP contribution < -0.4 is 5.32 Å². The lowest BCUT2D eigenvalue weighted by molar-refractivity contribution is 0.350. The minimum absolute atomic E-state index is 0.0795. The topological polar surface area (TPSA) is 37.8 Å². The molecule has 0 amide bonds. The number of halogens is 1. The van der Waals surface area contributed by atoms with E-state index in [9.17, 15) is 0 Å². The van der Waals surface area contributed by atoms with E-state index in [2.05, 4.69) is 53.6 Å². The minimum atomic E-state index is 0.0795. The first-order chi connectivity index (χ1) is 8.86. The van der Waals surface area contributed by atoms with Gasteiger partial charge in [-0.15, -0.1) is 11.3 Å². The van der Waals surface area contributed by atoms with Crippen molar-refractivity contribution in [3.8, 4) is 0 Å². The highest BCUT2D eigenvalue weighted by Crippen LogP contribution is 2.37. The molecule has 2 aromatic heterocycles. The summed E-state index contributed by atoms with van der Waals surface area (Å²) in [6, 6.07) is 6.17. The van der Waals surface area contributed by atoms with Crippen LogP contribution in [0.5, 0.6) is 0 Å². The second-order valence-electron chi connectivity index (χ2n) is 5.58. The fraction of sp³-hybridized carbons (Fsp3) is 0.429. The summed E-state index contributed by atoms with van der Waals surface area (Å²) >= 11 is 7.73. The Morgan fingerprint density at radius 1 is 1.32 bits per heavy atom. The molecule has 102 valence electrons. The van der Waals surface area contributed by atoms with Gasteiger partial charge in [-0.05, 0) is 23.8 Å². The van der Waals surface area contributed by atoms with Crippen LogP contribution in [0, 0.1) is 12.3 Å². The van der Waals surface area contributed by atoms with Crippen LogP contribution >= 0.6 is 22.9 Å². The van der Waals surface area contributed by atoms with Crippen LogP contribution in [-0.2, 0) is 0 Å². The lowest BCUT2D eigenvalue weighted by Crippen LogP contribution is -2.25. The van der Waals surface area contributed by atoms with Crippen LogP contribution in [0.3, 0.4) is 0 Å². The van der Waals surface area contributed by atoms with E-state index in [-0.39, 0.29) is 11.5 Å². The lowest BCUT2D eigenvalue weighted by Gasteiger charge is -2.31. The van der Waals surface area contributed by atoms with E-state index in [1.54, 1.807) is 17.4 Å². The number of aryl methyl sites for hydroxylation is 1. The summed E-state index contributed by atoms with van der Waals surface area (Å²) < 4.78 is 0. The van der Waals surface area contributed by atoms with Gasteiger partial charge in [-0.25, -0.2) is 9.97 Å². The zero-order valence-electron chi connectivity index (χ0n) is 11.6. The van der Waals surface area contributed by atoms with Crippen molar-refractivity contribution in [3.63, 3.8) is 0 Å². The Kier molecular flexibility index (Phi) is 4.11. The predicted octanol–water partition coefficient (Wildman–Crippen LogP) is 4.70. The van der Waals surface area contributed by atoms with E-state index < -0.39 is 0 Å². The summed E-state index contributed by atoms with van der Waals surface area (Å²) in [6.07, 6.45) is 0. The summed E-state index contributed by atoms with van der Waals surface area (Å²) in [5.74, 6) is 1.44. The standard InChI is InChI=1S/C14H18ClN3S/c1-9-16-11(15)8-12(17-9)18-13(14(2,3)4)10-6-5-7-19-10/h5-8,13H,1-4H3,(H,16,17,18). The molecular weight excluding hydrogens is 278 g/mol. The third kappa shape index (κ3) is 3.67. The van der Waals surface area contributed by atoms with Gasteiger partial charge in [0, 0.05) is 10.9 Å². The van der Waals surface area contributed by atoms with Crippen LogP contribution in [0.1, 0.15) is 37.5 Å². The zero-order valence-corrected chi connectivity index (χ0v) is 13.1. The molecule has 1 unspecified atom stereocenters. The van der Waals surface area contributed by atoms with Crippen molar-refractivity contribution in [3.05, 3.63) is 39.4 Å². The molecule has 0 spiro atoms. The molecule has 1 N–H and O–H groups in total. The molecule has 5 heteroatoms. The summed E-state index contributed by atoms with van der Waals surface area (Å²) in [5, 5.41) is 6.04. The average molecular weight is 296 g/mol. The largest absolute Gasteiger partial charge is 0.362 e. The lowest BCUT2D eigenvalue weighted by atomic mass is 9.86. The van der Waals surface area contributed by atoms with Crippen molar-refractivity contribution < 1.29 is 0 Å². The van der Waals surface area contributed by atoms with Crippen molar-refractivity contribution in [2.45, 2.75) is 33.7 Å². The molecule has 2 rings (SSSR count). The fourth-order valence-electron chi connectivity index (χ4n) is 1.92. The van der Waals surface area contributed by atoms with Gasteiger partial charge in [-0.1, -0.05) is 38.4 Å². The highest BCUT2D eigenvalue weighted by atomic mass is 35.5. The number of nitrogens with zero attached hydrogens (tertiary/aromatic N) is 2. The first kappa shape index (κ1) is 14.3. The first-order valence-corrected chi connectivity index (χ1v) is 7.43. The molecule has 0 saturated carbocycles. The second kappa shape index (κ2) is 5.47. The molecule has 19 heavy (non-hydrogen) atoms. The van der Waals surface area contributed by atoms with Gasteiger partial charge in [-0.2, -0.15) is 0 Å². The van der Waals surface area contributed by atoms with Gasteiger partial charge in [0.2, 0.25) is 0 Å². The number of thiophene rings is 1. The molecule has 0 aliphatic rings. The van der Waals surface area contributed by atoms with Crippen molar-refractivity contribution >= 4 is 28.8 Å². The van der Waals surface area contributed by atoms with Crippen LogP contribution in [0.4, 0.5) is 5.82 Å². The maximum absolute atomic E-state index is 5.98. The highest BCUT2D eigenvalue weighted by molar-refractivity contribution is 7.10. The van der Waals surface area contributed by atoms with E-state index in [1.807, 2.05) is 6.92 Å². The SMILES string of the molecule is Cc1nc(Cl)cc(NC(c2cccs2)C(C)(C)C)n1. The highest BCUT2D eigenvalue weighted by Gasteiger charge is 2.27. The van der Waals surface area contributed by atoms with Crippen LogP contribution in [-0.4, -0.2) is 9.97 Å². The molecule has 3 nitrogen and oxygen atoms in total.